The summed E-state index contributed by atoms with van der Waals surface area (Å²) in [4.78, 5) is 21.3. The third-order valence-corrected chi connectivity index (χ3v) is 4.31. The van der Waals surface area contributed by atoms with Gasteiger partial charge in [0.1, 0.15) is 16.2 Å². The summed E-state index contributed by atoms with van der Waals surface area (Å²) in [6.45, 7) is 3.82. The molecule has 0 unspecified atom stereocenters. The molecule has 0 bridgehead atoms. The van der Waals surface area contributed by atoms with E-state index in [2.05, 4.69) is 15.1 Å². The van der Waals surface area contributed by atoms with Gasteiger partial charge in [0.15, 0.2) is 5.65 Å². The Morgan fingerprint density at radius 3 is 2.96 bits per heavy atom. The second-order valence-electron chi connectivity index (χ2n) is 5.50. The van der Waals surface area contributed by atoms with Crippen LogP contribution in [0.3, 0.4) is 0 Å². The molecule has 25 heavy (non-hydrogen) atoms. The molecule has 0 N–H and O–H groups in total. The Balaban J connectivity index is 1.99. The SMILES string of the molecule is CCOC(=O)c1cn2nc(C)c(Cl)c2nc1-c1ccc2nccn2c1. The molecule has 4 heterocycles. The predicted molar refractivity (Wildman–Crippen MR) is 92.9 cm³/mol. The van der Waals surface area contributed by atoms with E-state index in [0.717, 1.165) is 11.2 Å². The average Bonchev–Trinajstić information content (AvgIpc) is 3.18. The first-order valence-electron chi connectivity index (χ1n) is 7.74. The second-order valence-corrected chi connectivity index (χ2v) is 5.88. The van der Waals surface area contributed by atoms with Gasteiger partial charge in [-0.3, -0.25) is 0 Å². The van der Waals surface area contributed by atoms with Gasteiger partial charge in [-0.25, -0.2) is 19.3 Å². The smallest absolute Gasteiger partial charge is 0.341 e. The zero-order valence-corrected chi connectivity index (χ0v) is 14.4. The molecular formula is C17H14ClN5O2. The molecule has 0 aliphatic carbocycles. The van der Waals surface area contributed by atoms with Crippen LogP contribution >= 0.6 is 11.6 Å². The predicted octanol–water partition coefficient (Wildman–Crippen LogP) is 3.18. The van der Waals surface area contributed by atoms with E-state index >= 15 is 0 Å². The molecule has 0 fully saturated rings. The van der Waals surface area contributed by atoms with Crippen molar-refractivity contribution in [2.45, 2.75) is 13.8 Å². The molecule has 0 amide bonds. The molecule has 4 aromatic heterocycles. The lowest BCUT2D eigenvalue weighted by Crippen LogP contribution is -2.10. The van der Waals surface area contributed by atoms with Crippen LogP contribution in [0.1, 0.15) is 23.0 Å². The maximum Gasteiger partial charge on any atom is 0.341 e. The lowest BCUT2D eigenvalue weighted by Gasteiger charge is -2.09. The van der Waals surface area contributed by atoms with Gasteiger partial charge in [-0.1, -0.05) is 11.6 Å². The third kappa shape index (κ3) is 2.53. The van der Waals surface area contributed by atoms with Crippen LogP contribution in [0.2, 0.25) is 5.02 Å². The number of nitrogens with zero attached hydrogens (tertiary/aromatic N) is 5. The van der Waals surface area contributed by atoms with Gasteiger partial charge >= 0.3 is 5.97 Å². The number of carbonyl (C=O) groups excluding carboxylic acids is 1. The highest BCUT2D eigenvalue weighted by molar-refractivity contribution is 6.34. The largest absolute Gasteiger partial charge is 0.462 e. The number of hydrogen-bond donors (Lipinski definition) is 0. The summed E-state index contributed by atoms with van der Waals surface area (Å²) in [5.74, 6) is -0.457. The van der Waals surface area contributed by atoms with Crippen LogP contribution < -0.4 is 0 Å². The van der Waals surface area contributed by atoms with Crippen molar-refractivity contribution in [3.63, 3.8) is 0 Å². The van der Waals surface area contributed by atoms with Crippen LogP contribution in [0.25, 0.3) is 22.6 Å². The molecule has 0 saturated carbocycles. The van der Waals surface area contributed by atoms with Gasteiger partial charge in [0.05, 0.1) is 18.0 Å². The molecular weight excluding hydrogens is 342 g/mol. The lowest BCUT2D eigenvalue weighted by atomic mass is 10.1. The quantitative estimate of drug-likeness (QED) is 0.528. The first-order valence-corrected chi connectivity index (χ1v) is 8.12. The van der Waals surface area contributed by atoms with Crippen LogP contribution in [0.5, 0.6) is 0 Å². The number of fused-ring (bicyclic) bond motifs is 2. The van der Waals surface area contributed by atoms with Crippen molar-refractivity contribution in [1.29, 1.82) is 0 Å². The highest BCUT2D eigenvalue weighted by Gasteiger charge is 2.20. The molecule has 126 valence electrons. The molecule has 0 spiro atoms. The molecule has 7 nitrogen and oxygen atoms in total. The van der Waals surface area contributed by atoms with Gasteiger partial charge in [-0.2, -0.15) is 5.10 Å². The van der Waals surface area contributed by atoms with Crippen LogP contribution in [0.4, 0.5) is 0 Å². The molecule has 4 aromatic rings. The number of imidazole rings is 1. The fraction of sp³-hybridized carbons (Fsp3) is 0.176. The number of rotatable bonds is 3. The molecule has 8 heteroatoms. The van der Waals surface area contributed by atoms with Crippen molar-refractivity contribution >= 4 is 28.9 Å². The summed E-state index contributed by atoms with van der Waals surface area (Å²) in [5, 5.41) is 4.75. The highest BCUT2D eigenvalue weighted by Crippen LogP contribution is 2.27. The Kier molecular flexibility index (Phi) is 3.65. The number of esters is 1. The number of hydrogen-bond acceptors (Lipinski definition) is 5. The molecule has 0 atom stereocenters. The van der Waals surface area contributed by atoms with E-state index in [1.807, 2.05) is 28.9 Å². The third-order valence-electron chi connectivity index (χ3n) is 3.87. The molecule has 4 rings (SSSR count). The van der Waals surface area contributed by atoms with Crippen molar-refractivity contribution in [2.24, 2.45) is 0 Å². The molecule has 0 radical (unpaired) electrons. The minimum Gasteiger partial charge on any atom is -0.462 e. The molecule has 0 aliphatic heterocycles. The zero-order valence-electron chi connectivity index (χ0n) is 13.6. The van der Waals surface area contributed by atoms with Gasteiger partial charge in [0.2, 0.25) is 0 Å². The van der Waals surface area contributed by atoms with Crippen LogP contribution in [0, 0.1) is 6.92 Å². The number of ether oxygens (including phenoxy) is 1. The summed E-state index contributed by atoms with van der Waals surface area (Å²) < 4.78 is 8.54. The maximum atomic E-state index is 12.4. The van der Waals surface area contributed by atoms with Crippen molar-refractivity contribution in [3.05, 3.63) is 53.2 Å². The fourth-order valence-corrected chi connectivity index (χ4v) is 2.86. The van der Waals surface area contributed by atoms with Crippen molar-refractivity contribution in [2.75, 3.05) is 6.61 Å². The van der Waals surface area contributed by atoms with E-state index in [1.54, 1.807) is 26.2 Å². The summed E-state index contributed by atoms with van der Waals surface area (Å²) in [5.41, 5.74) is 3.52. The summed E-state index contributed by atoms with van der Waals surface area (Å²) in [6, 6.07) is 3.72. The van der Waals surface area contributed by atoms with Crippen LogP contribution in [-0.4, -0.2) is 36.6 Å². The van der Waals surface area contributed by atoms with Crippen molar-refractivity contribution in [3.8, 4) is 11.3 Å². The van der Waals surface area contributed by atoms with E-state index in [4.69, 9.17) is 16.3 Å². The van der Waals surface area contributed by atoms with Crippen LogP contribution in [-0.2, 0) is 4.74 Å². The van der Waals surface area contributed by atoms with Gasteiger partial charge < -0.3 is 9.14 Å². The highest BCUT2D eigenvalue weighted by atomic mass is 35.5. The van der Waals surface area contributed by atoms with Crippen molar-refractivity contribution in [1.82, 2.24) is 24.0 Å². The Morgan fingerprint density at radius 1 is 1.32 bits per heavy atom. The molecule has 0 saturated heterocycles. The molecule has 0 aromatic carbocycles. The lowest BCUT2D eigenvalue weighted by molar-refractivity contribution is 0.0526. The Morgan fingerprint density at radius 2 is 2.16 bits per heavy atom. The Hall–Kier alpha value is -2.93. The van der Waals surface area contributed by atoms with E-state index in [9.17, 15) is 4.79 Å². The standard InChI is InChI=1S/C17H14ClN5O2/c1-3-25-17(24)12-9-23-16(14(18)10(2)21-23)20-15(12)11-4-5-13-19-6-7-22(13)8-11/h4-9H,3H2,1-2H3. The zero-order chi connectivity index (χ0) is 17.6. The number of aryl methyl sites for hydroxylation is 1. The van der Waals surface area contributed by atoms with Crippen molar-refractivity contribution < 1.29 is 9.53 Å². The number of pyridine rings is 1. The Bertz CT molecular complexity index is 1120. The monoisotopic (exact) mass is 355 g/mol. The van der Waals surface area contributed by atoms with Gasteiger partial charge in [-0.05, 0) is 26.0 Å². The average molecular weight is 356 g/mol. The normalized spacial score (nSPS) is 11.3. The fourth-order valence-electron chi connectivity index (χ4n) is 2.69. The summed E-state index contributed by atoms with van der Waals surface area (Å²) >= 11 is 6.29. The van der Waals surface area contributed by atoms with E-state index < -0.39 is 5.97 Å². The second kappa shape index (κ2) is 5.86. The van der Waals surface area contributed by atoms with E-state index in [-0.39, 0.29) is 6.61 Å². The van der Waals surface area contributed by atoms with Crippen LogP contribution in [0.15, 0.2) is 36.9 Å². The topological polar surface area (TPSA) is 73.8 Å². The first-order chi connectivity index (χ1) is 12.1. The van der Waals surface area contributed by atoms with Gasteiger partial charge in [-0.15, -0.1) is 0 Å². The summed E-state index contributed by atoms with van der Waals surface area (Å²) in [7, 11) is 0. The Labute approximate surface area is 147 Å². The maximum absolute atomic E-state index is 12.4. The minimum absolute atomic E-state index is 0.274. The summed E-state index contributed by atoms with van der Waals surface area (Å²) in [6.07, 6.45) is 7.00. The van der Waals surface area contributed by atoms with Gasteiger partial charge in [0.25, 0.3) is 0 Å². The molecule has 0 aliphatic rings. The number of halogens is 1. The first kappa shape index (κ1) is 15.6. The number of carbonyl (C=O) groups is 1. The minimum atomic E-state index is -0.457. The number of aromatic nitrogens is 5. The van der Waals surface area contributed by atoms with E-state index in [1.165, 1.54) is 4.52 Å². The van der Waals surface area contributed by atoms with Gasteiger partial charge in [0, 0.05) is 30.4 Å². The van der Waals surface area contributed by atoms with E-state index in [0.29, 0.717) is 27.6 Å².